The molecule has 3 rings (SSSR count). The minimum atomic E-state index is -3.54. The van der Waals surface area contributed by atoms with E-state index in [2.05, 4.69) is 38.8 Å². The van der Waals surface area contributed by atoms with Gasteiger partial charge < -0.3 is 4.90 Å². The van der Waals surface area contributed by atoms with Crippen molar-refractivity contribution in [1.82, 2.24) is 9.62 Å². The van der Waals surface area contributed by atoms with Gasteiger partial charge in [-0.15, -0.1) is 11.3 Å². The SMILES string of the molecule is CN(C)c1ccc(C(CNS(=O)(=O)c2ccc(Cl)s2)N2CCCC2)cc1. The normalized spacial score (nSPS) is 16.7. The number of hydrogen-bond donors (Lipinski definition) is 1. The van der Waals surface area contributed by atoms with Gasteiger partial charge in [-0.3, -0.25) is 4.90 Å². The van der Waals surface area contributed by atoms with Gasteiger partial charge >= 0.3 is 0 Å². The molecular weight excluding hydrogens is 390 g/mol. The Morgan fingerprint density at radius 3 is 2.35 bits per heavy atom. The van der Waals surface area contributed by atoms with Crippen LogP contribution in [0.2, 0.25) is 4.34 Å². The number of nitrogens with one attached hydrogen (secondary N) is 1. The van der Waals surface area contributed by atoms with Crippen LogP contribution in [0.1, 0.15) is 24.4 Å². The summed E-state index contributed by atoms with van der Waals surface area (Å²) < 4.78 is 28.6. The molecule has 1 saturated heterocycles. The van der Waals surface area contributed by atoms with E-state index in [0.717, 1.165) is 48.5 Å². The first-order chi connectivity index (χ1) is 12.4. The largest absolute Gasteiger partial charge is 0.378 e. The van der Waals surface area contributed by atoms with Crippen molar-refractivity contribution in [1.29, 1.82) is 0 Å². The Kier molecular flexibility index (Phi) is 6.25. The Hall–Kier alpha value is -1.12. The van der Waals surface area contributed by atoms with E-state index in [1.54, 1.807) is 12.1 Å². The van der Waals surface area contributed by atoms with Gasteiger partial charge in [-0.2, -0.15) is 0 Å². The average Bonchev–Trinajstić information content (AvgIpc) is 3.27. The molecule has 1 aliphatic heterocycles. The van der Waals surface area contributed by atoms with Crippen molar-refractivity contribution in [3.8, 4) is 0 Å². The molecule has 2 heterocycles. The third-order valence-electron chi connectivity index (χ3n) is 4.66. The molecule has 1 aliphatic rings. The van der Waals surface area contributed by atoms with Crippen molar-refractivity contribution in [3.05, 3.63) is 46.3 Å². The molecule has 1 fully saturated rings. The quantitative estimate of drug-likeness (QED) is 0.753. The predicted molar refractivity (Wildman–Crippen MR) is 109 cm³/mol. The van der Waals surface area contributed by atoms with Gasteiger partial charge in [0, 0.05) is 32.4 Å². The first-order valence-corrected chi connectivity index (χ1v) is 11.3. The fourth-order valence-electron chi connectivity index (χ4n) is 3.21. The minimum absolute atomic E-state index is 0.0268. The van der Waals surface area contributed by atoms with E-state index in [9.17, 15) is 8.42 Å². The van der Waals surface area contributed by atoms with Gasteiger partial charge in [0.15, 0.2) is 0 Å². The van der Waals surface area contributed by atoms with Crippen molar-refractivity contribution in [2.45, 2.75) is 23.1 Å². The first-order valence-electron chi connectivity index (χ1n) is 8.63. The highest BCUT2D eigenvalue weighted by molar-refractivity contribution is 7.91. The summed E-state index contributed by atoms with van der Waals surface area (Å²) in [7, 11) is 0.470. The van der Waals surface area contributed by atoms with Gasteiger partial charge in [0.25, 0.3) is 0 Å². The summed E-state index contributed by atoms with van der Waals surface area (Å²) in [5.74, 6) is 0. The maximum absolute atomic E-state index is 12.6. The molecule has 0 amide bonds. The molecule has 1 aromatic heterocycles. The Balaban J connectivity index is 1.78. The number of anilines is 1. The zero-order valence-electron chi connectivity index (χ0n) is 15.0. The topological polar surface area (TPSA) is 52.7 Å². The highest BCUT2D eigenvalue weighted by Crippen LogP contribution is 2.28. The van der Waals surface area contributed by atoms with Crippen LogP contribution in [-0.4, -0.2) is 47.0 Å². The highest BCUT2D eigenvalue weighted by atomic mass is 35.5. The van der Waals surface area contributed by atoms with Crippen LogP contribution >= 0.6 is 22.9 Å². The maximum Gasteiger partial charge on any atom is 0.250 e. The van der Waals surface area contributed by atoms with Crippen LogP contribution in [0.5, 0.6) is 0 Å². The van der Waals surface area contributed by atoms with Gasteiger partial charge in [-0.05, 0) is 55.8 Å². The third-order valence-corrected chi connectivity index (χ3v) is 7.80. The number of likely N-dealkylation sites (tertiary alicyclic amines) is 1. The van der Waals surface area contributed by atoms with Gasteiger partial charge in [0.05, 0.1) is 4.34 Å². The molecule has 0 aliphatic carbocycles. The summed E-state index contributed by atoms with van der Waals surface area (Å²) in [4.78, 5) is 4.41. The summed E-state index contributed by atoms with van der Waals surface area (Å²) in [6.45, 7) is 2.33. The molecule has 8 heteroatoms. The van der Waals surface area contributed by atoms with Crippen LogP contribution in [-0.2, 0) is 10.0 Å². The van der Waals surface area contributed by atoms with Crippen molar-refractivity contribution in [3.63, 3.8) is 0 Å². The van der Waals surface area contributed by atoms with Crippen LogP contribution in [0.25, 0.3) is 0 Å². The van der Waals surface area contributed by atoms with Crippen LogP contribution in [0.4, 0.5) is 5.69 Å². The molecular formula is C18H24ClN3O2S2. The Morgan fingerprint density at radius 2 is 1.81 bits per heavy atom. The molecule has 26 heavy (non-hydrogen) atoms. The van der Waals surface area contributed by atoms with E-state index in [1.807, 2.05) is 14.1 Å². The van der Waals surface area contributed by atoms with Crippen molar-refractivity contribution < 1.29 is 8.42 Å². The lowest BCUT2D eigenvalue weighted by Crippen LogP contribution is -2.36. The lowest BCUT2D eigenvalue weighted by Gasteiger charge is -2.28. The van der Waals surface area contributed by atoms with Gasteiger partial charge in [0.2, 0.25) is 10.0 Å². The number of thiophene rings is 1. The average molecular weight is 414 g/mol. The van der Waals surface area contributed by atoms with E-state index in [-0.39, 0.29) is 10.3 Å². The van der Waals surface area contributed by atoms with E-state index < -0.39 is 10.0 Å². The molecule has 1 unspecified atom stereocenters. The molecule has 0 saturated carbocycles. The highest BCUT2D eigenvalue weighted by Gasteiger charge is 2.26. The second kappa shape index (κ2) is 8.27. The van der Waals surface area contributed by atoms with Crippen LogP contribution < -0.4 is 9.62 Å². The maximum atomic E-state index is 12.6. The molecule has 0 bridgehead atoms. The van der Waals surface area contributed by atoms with Crippen molar-refractivity contribution in [2.75, 3.05) is 38.6 Å². The summed E-state index contributed by atoms with van der Waals surface area (Å²) in [6.07, 6.45) is 2.30. The van der Waals surface area contributed by atoms with E-state index >= 15 is 0 Å². The van der Waals surface area contributed by atoms with Gasteiger partial charge in [-0.1, -0.05) is 23.7 Å². The van der Waals surface area contributed by atoms with E-state index in [1.165, 1.54) is 0 Å². The standard InChI is InChI=1S/C18H24ClN3O2S2/c1-21(2)15-7-5-14(6-8-15)16(22-11-3-4-12-22)13-20-26(23,24)18-10-9-17(19)25-18/h5-10,16,20H,3-4,11-13H2,1-2H3. The Labute approximate surface area is 164 Å². The molecule has 1 aromatic carbocycles. The molecule has 2 aromatic rings. The second-order valence-corrected chi connectivity index (χ2v) is 10.4. The van der Waals surface area contributed by atoms with Gasteiger partial charge in [0.1, 0.15) is 4.21 Å². The molecule has 0 spiro atoms. The number of hydrogen-bond acceptors (Lipinski definition) is 5. The lowest BCUT2D eigenvalue weighted by atomic mass is 10.1. The van der Waals surface area contributed by atoms with E-state index in [0.29, 0.717) is 10.9 Å². The summed E-state index contributed by atoms with van der Waals surface area (Å²) in [5, 5.41) is 0. The fourth-order valence-corrected chi connectivity index (χ4v) is 5.77. The minimum Gasteiger partial charge on any atom is -0.378 e. The fraction of sp³-hybridized carbons (Fsp3) is 0.444. The smallest absolute Gasteiger partial charge is 0.250 e. The summed E-state index contributed by atoms with van der Waals surface area (Å²) in [6, 6.07) is 11.5. The number of rotatable bonds is 7. The number of halogens is 1. The Bertz CT molecular complexity index is 828. The van der Waals surface area contributed by atoms with Crippen molar-refractivity contribution >= 4 is 38.6 Å². The van der Waals surface area contributed by atoms with Crippen LogP contribution in [0, 0.1) is 0 Å². The molecule has 142 valence electrons. The number of benzene rings is 1. The second-order valence-electron chi connectivity index (χ2n) is 6.66. The van der Waals surface area contributed by atoms with Crippen LogP contribution in [0.15, 0.2) is 40.6 Å². The summed E-state index contributed by atoms with van der Waals surface area (Å²) in [5.41, 5.74) is 2.26. The number of sulfonamides is 1. The predicted octanol–water partition coefficient (Wildman–Crippen LogP) is 3.58. The van der Waals surface area contributed by atoms with Crippen molar-refractivity contribution in [2.24, 2.45) is 0 Å². The first kappa shape index (κ1) is 19.6. The molecule has 5 nitrogen and oxygen atoms in total. The van der Waals surface area contributed by atoms with Gasteiger partial charge in [-0.25, -0.2) is 13.1 Å². The zero-order chi connectivity index (χ0) is 18.7. The zero-order valence-corrected chi connectivity index (χ0v) is 17.4. The Morgan fingerprint density at radius 1 is 1.15 bits per heavy atom. The molecule has 0 radical (unpaired) electrons. The monoisotopic (exact) mass is 413 g/mol. The van der Waals surface area contributed by atoms with Crippen LogP contribution in [0.3, 0.4) is 0 Å². The molecule has 1 N–H and O–H groups in total. The lowest BCUT2D eigenvalue weighted by molar-refractivity contribution is 0.246. The van der Waals surface area contributed by atoms with E-state index in [4.69, 9.17) is 11.6 Å². The number of nitrogens with zero attached hydrogens (tertiary/aromatic N) is 2. The third kappa shape index (κ3) is 4.58. The summed E-state index contributed by atoms with van der Waals surface area (Å²) >= 11 is 6.96. The molecule has 1 atom stereocenters.